The van der Waals surface area contributed by atoms with Crippen LogP contribution < -0.4 is 5.32 Å². The van der Waals surface area contributed by atoms with Crippen LogP contribution in [0.15, 0.2) is 24.3 Å². The molecule has 0 aliphatic heterocycles. The van der Waals surface area contributed by atoms with Gasteiger partial charge >= 0.3 is 12.1 Å². The van der Waals surface area contributed by atoms with E-state index in [2.05, 4.69) is 5.32 Å². The first kappa shape index (κ1) is 16.5. The Kier molecular flexibility index (Phi) is 6.01. The number of alkyl halides is 3. The molecule has 0 aromatic heterocycles. The summed E-state index contributed by atoms with van der Waals surface area (Å²) >= 11 is 0. The zero-order valence-corrected chi connectivity index (χ0v) is 11.2. The van der Waals surface area contributed by atoms with Gasteiger partial charge in [0, 0.05) is 6.54 Å². The Labute approximate surface area is 115 Å². The lowest BCUT2D eigenvalue weighted by Crippen LogP contribution is -2.36. The molecule has 0 spiro atoms. The van der Waals surface area contributed by atoms with Crippen LogP contribution in [0.1, 0.15) is 37.3 Å². The number of hydrogen-bond donors (Lipinski definition) is 2. The fourth-order valence-corrected chi connectivity index (χ4v) is 1.91. The van der Waals surface area contributed by atoms with Crippen molar-refractivity contribution in [1.29, 1.82) is 0 Å². The van der Waals surface area contributed by atoms with Gasteiger partial charge in [-0.2, -0.15) is 13.2 Å². The van der Waals surface area contributed by atoms with Gasteiger partial charge in [-0.3, -0.25) is 4.79 Å². The molecule has 0 saturated heterocycles. The van der Waals surface area contributed by atoms with Gasteiger partial charge in [-0.05, 0) is 18.1 Å². The number of hydrogen-bond acceptors (Lipinski definition) is 2. The van der Waals surface area contributed by atoms with Crippen LogP contribution in [0.3, 0.4) is 0 Å². The van der Waals surface area contributed by atoms with Crippen molar-refractivity contribution in [2.45, 2.75) is 44.9 Å². The monoisotopic (exact) mass is 289 g/mol. The quantitative estimate of drug-likeness (QED) is 0.808. The molecular formula is C14H18F3NO2. The number of unbranched alkanes of at least 4 members (excludes halogenated alkanes) is 1. The zero-order chi connectivity index (χ0) is 15.2. The van der Waals surface area contributed by atoms with E-state index in [0.29, 0.717) is 12.8 Å². The Balaban J connectivity index is 2.75. The Hall–Kier alpha value is -1.56. The van der Waals surface area contributed by atoms with Crippen LogP contribution in [0.4, 0.5) is 13.2 Å². The molecule has 0 saturated carbocycles. The number of carboxylic acids is 1. The highest BCUT2D eigenvalue weighted by molar-refractivity contribution is 5.73. The topological polar surface area (TPSA) is 49.3 Å². The Bertz CT molecular complexity index is 446. The van der Waals surface area contributed by atoms with Crippen molar-refractivity contribution in [2.24, 2.45) is 0 Å². The van der Waals surface area contributed by atoms with Crippen LogP contribution >= 0.6 is 0 Å². The summed E-state index contributed by atoms with van der Waals surface area (Å²) in [5.74, 6) is -1.04. The number of rotatable bonds is 7. The molecule has 0 fully saturated rings. The molecule has 0 aliphatic carbocycles. The lowest BCUT2D eigenvalue weighted by atomic mass is 10.1. The standard InChI is InChI=1S/C14H18F3NO2/c1-2-3-8-12(13(19)20)18-9-10-6-4-5-7-11(10)14(15,16)17/h4-7,12,18H,2-3,8-9H2,1H3,(H,19,20)/t12-/m0/s1. The number of carboxylic acid groups (broad SMARTS) is 1. The van der Waals surface area contributed by atoms with Gasteiger partial charge < -0.3 is 10.4 Å². The molecule has 3 nitrogen and oxygen atoms in total. The maximum atomic E-state index is 12.8. The first-order valence-corrected chi connectivity index (χ1v) is 6.47. The highest BCUT2D eigenvalue weighted by Gasteiger charge is 2.33. The second-order valence-electron chi connectivity index (χ2n) is 4.57. The van der Waals surface area contributed by atoms with Gasteiger partial charge in [0.25, 0.3) is 0 Å². The molecule has 0 bridgehead atoms. The number of halogens is 3. The predicted octanol–water partition coefficient (Wildman–Crippen LogP) is 3.44. The largest absolute Gasteiger partial charge is 0.480 e. The summed E-state index contributed by atoms with van der Waals surface area (Å²) < 4.78 is 38.4. The molecular weight excluding hydrogens is 271 g/mol. The third-order valence-corrected chi connectivity index (χ3v) is 3.01. The molecule has 20 heavy (non-hydrogen) atoms. The van der Waals surface area contributed by atoms with Crippen molar-refractivity contribution in [2.75, 3.05) is 0 Å². The van der Waals surface area contributed by atoms with Crippen LogP contribution in [0, 0.1) is 0 Å². The predicted molar refractivity (Wildman–Crippen MR) is 69.2 cm³/mol. The van der Waals surface area contributed by atoms with Crippen LogP contribution in [-0.4, -0.2) is 17.1 Å². The van der Waals surface area contributed by atoms with Gasteiger partial charge in [-0.15, -0.1) is 0 Å². The van der Waals surface area contributed by atoms with Crippen LogP contribution in [0.2, 0.25) is 0 Å². The molecule has 0 unspecified atom stereocenters. The fraction of sp³-hybridized carbons (Fsp3) is 0.500. The van der Waals surface area contributed by atoms with Gasteiger partial charge in [0.05, 0.1) is 5.56 Å². The van der Waals surface area contributed by atoms with Gasteiger partial charge in [-0.25, -0.2) is 0 Å². The van der Waals surface area contributed by atoms with Crippen molar-refractivity contribution in [3.63, 3.8) is 0 Å². The molecule has 1 aromatic rings. The number of nitrogens with one attached hydrogen (secondary N) is 1. The summed E-state index contributed by atoms with van der Waals surface area (Å²) in [5, 5.41) is 11.7. The number of benzene rings is 1. The van der Waals surface area contributed by atoms with E-state index in [1.165, 1.54) is 18.2 Å². The molecule has 0 aliphatic rings. The highest BCUT2D eigenvalue weighted by Crippen LogP contribution is 2.31. The fourth-order valence-electron chi connectivity index (χ4n) is 1.91. The van der Waals surface area contributed by atoms with Gasteiger partial charge in [-0.1, -0.05) is 38.0 Å². The van der Waals surface area contributed by atoms with E-state index in [0.717, 1.165) is 12.5 Å². The van der Waals surface area contributed by atoms with E-state index in [9.17, 15) is 18.0 Å². The molecule has 1 atom stereocenters. The minimum Gasteiger partial charge on any atom is -0.480 e. The molecule has 0 heterocycles. The van der Waals surface area contributed by atoms with Crippen LogP contribution in [-0.2, 0) is 17.5 Å². The molecule has 2 N–H and O–H groups in total. The highest BCUT2D eigenvalue weighted by atomic mass is 19.4. The van der Waals surface area contributed by atoms with E-state index in [1.807, 2.05) is 6.92 Å². The second kappa shape index (κ2) is 7.28. The summed E-state index contributed by atoms with van der Waals surface area (Å²) in [4.78, 5) is 11.0. The van der Waals surface area contributed by atoms with Crippen molar-refractivity contribution >= 4 is 5.97 Å². The number of carbonyl (C=O) groups is 1. The Morgan fingerprint density at radius 1 is 1.35 bits per heavy atom. The Morgan fingerprint density at radius 2 is 2.00 bits per heavy atom. The van der Waals surface area contributed by atoms with Crippen molar-refractivity contribution in [3.05, 3.63) is 35.4 Å². The van der Waals surface area contributed by atoms with Gasteiger partial charge in [0.1, 0.15) is 6.04 Å². The molecule has 112 valence electrons. The summed E-state index contributed by atoms with van der Waals surface area (Å²) in [6, 6.07) is 4.36. The van der Waals surface area contributed by atoms with Crippen molar-refractivity contribution < 1.29 is 23.1 Å². The first-order chi connectivity index (χ1) is 9.36. The van der Waals surface area contributed by atoms with Crippen molar-refractivity contribution in [3.8, 4) is 0 Å². The average molecular weight is 289 g/mol. The van der Waals surface area contributed by atoms with Crippen LogP contribution in [0.5, 0.6) is 0 Å². The molecule has 0 radical (unpaired) electrons. The normalized spacial score (nSPS) is 13.2. The maximum absolute atomic E-state index is 12.8. The minimum atomic E-state index is -4.43. The third kappa shape index (κ3) is 4.85. The molecule has 6 heteroatoms. The average Bonchev–Trinajstić information content (AvgIpc) is 2.37. The lowest BCUT2D eigenvalue weighted by Gasteiger charge is -2.17. The molecule has 1 rings (SSSR count). The minimum absolute atomic E-state index is 0.0581. The summed E-state index contributed by atoms with van der Waals surface area (Å²) in [6.45, 7) is 1.81. The number of aliphatic carboxylic acids is 1. The van der Waals surface area contributed by atoms with E-state index < -0.39 is 23.8 Å². The van der Waals surface area contributed by atoms with Crippen LogP contribution in [0.25, 0.3) is 0 Å². The third-order valence-electron chi connectivity index (χ3n) is 3.01. The summed E-state index contributed by atoms with van der Waals surface area (Å²) in [7, 11) is 0. The smallest absolute Gasteiger partial charge is 0.416 e. The van der Waals surface area contributed by atoms with Gasteiger partial charge in [0.2, 0.25) is 0 Å². The zero-order valence-electron chi connectivity index (χ0n) is 11.2. The summed E-state index contributed by atoms with van der Waals surface area (Å²) in [5.41, 5.74) is -0.671. The van der Waals surface area contributed by atoms with E-state index in [4.69, 9.17) is 5.11 Å². The van der Waals surface area contributed by atoms with Crippen molar-refractivity contribution in [1.82, 2.24) is 5.32 Å². The Morgan fingerprint density at radius 3 is 2.55 bits per heavy atom. The first-order valence-electron chi connectivity index (χ1n) is 6.47. The SMILES string of the molecule is CCCC[C@H](NCc1ccccc1C(F)(F)F)C(=O)O. The van der Waals surface area contributed by atoms with E-state index in [1.54, 1.807) is 0 Å². The van der Waals surface area contributed by atoms with Gasteiger partial charge in [0.15, 0.2) is 0 Å². The second-order valence-corrected chi connectivity index (χ2v) is 4.57. The lowest BCUT2D eigenvalue weighted by molar-refractivity contribution is -0.139. The van der Waals surface area contributed by atoms with E-state index in [-0.39, 0.29) is 12.1 Å². The van der Waals surface area contributed by atoms with E-state index >= 15 is 0 Å². The maximum Gasteiger partial charge on any atom is 0.416 e. The molecule has 1 aromatic carbocycles. The summed E-state index contributed by atoms with van der Waals surface area (Å²) in [6.07, 6.45) is -2.48. The molecule has 0 amide bonds.